The summed E-state index contributed by atoms with van der Waals surface area (Å²) in [5, 5.41) is 3.54. The molecule has 3 atom stereocenters. The van der Waals surface area contributed by atoms with Crippen LogP contribution in [0.25, 0.3) is 0 Å². The lowest BCUT2D eigenvalue weighted by molar-refractivity contribution is 0.490. The molecule has 0 amide bonds. The Morgan fingerprint density at radius 1 is 1.47 bits per heavy atom. The monoisotopic (exact) mass is 270 g/mol. The van der Waals surface area contributed by atoms with Crippen molar-refractivity contribution < 1.29 is 4.39 Å². The first kappa shape index (κ1) is 9.73. The van der Waals surface area contributed by atoms with Crippen molar-refractivity contribution in [1.82, 2.24) is 10.3 Å². The van der Waals surface area contributed by atoms with Gasteiger partial charge < -0.3 is 5.32 Å². The Bertz CT molecular complexity index is 396. The fraction of sp³-hybridized carbons (Fsp3) is 0.545. The molecule has 2 fully saturated rings. The van der Waals surface area contributed by atoms with Crippen molar-refractivity contribution in [2.75, 3.05) is 0 Å². The van der Waals surface area contributed by atoms with Gasteiger partial charge in [-0.3, -0.25) is 4.98 Å². The lowest BCUT2D eigenvalue weighted by Gasteiger charge is -2.20. The van der Waals surface area contributed by atoms with Crippen LogP contribution in [0.2, 0.25) is 0 Å². The van der Waals surface area contributed by atoms with Gasteiger partial charge in [-0.25, -0.2) is 4.39 Å². The highest BCUT2D eigenvalue weighted by molar-refractivity contribution is 9.10. The fourth-order valence-electron chi connectivity index (χ4n) is 2.82. The van der Waals surface area contributed by atoms with E-state index in [1.54, 1.807) is 6.20 Å². The second kappa shape index (κ2) is 3.52. The summed E-state index contributed by atoms with van der Waals surface area (Å²) in [6, 6.07) is 2.52. The van der Waals surface area contributed by atoms with Gasteiger partial charge in [0, 0.05) is 24.2 Å². The first-order chi connectivity index (χ1) is 7.25. The first-order valence-corrected chi connectivity index (χ1v) is 6.11. The number of rotatable bonds is 1. The minimum absolute atomic E-state index is 0.206. The summed E-state index contributed by atoms with van der Waals surface area (Å²) >= 11 is 3.30. The molecule has 0 radical (unpaired) electrons. The Labute approximate surface area is 96.4 Å². The first-order valence-electron chi connectivity index (χ1n) is 5.31. The van der Waals surface area contributed by atoms with Gasteiger partial charge in [0.05, 0.1) is 10.2 Å². The highest BCUT2D eigenvalue weighted by atomic mass is 79.9. The van der Waals surface area contributed by atoms with Crippen molar-refractivity contribution in [1.29, 1.82) is 0 Å². The quantitative estimate of drug-likeness (QED) is 0.849. The van der Waals surface area contributed by atoms with Crippen molar-refractivity contribution in [2.24, 2.45) is 0 Å². The van der Waals surface area contributed by atoms with Crippen LogP contribution in [-0.4, -0.2) is 17.1 Å². The van der Waals surface area contributed by atoms with E-state index < -0.39 is 0 Å². The largest absolute Gasteiger partial charge is 0.311 e. The predicted molar refractivity (Wildman–Crippen MR) is 59.2 cm³/mol. The Balaban J connectivity index is 1.96. The molecule has 0 saturated carbocycles. The number of nitrogens with zero attached hydrogens (tertiary/aromatic N) is 1. The van der Waals surface area contributed by atoms with Gasteiger partial charge in [-0.15, -0.1) is 0 Å². The van der Waals surface area contributed by atoms with Crippen LogP contribution in [0.15, 0.2) is 16.7 Å². The number of pyridine rings is 1. The van der Waals surface area contributed by atoms with Crippen LogP contribution < -0.4 is 5.32 Å². The summed E-state index contributed by atoms with van der Waals surface area (Å²) in [6.45, 7) is 0. The van der Waals surface area contributed by atoms with E-state index in [0.717, 1.165) is 12.1 Å². The molecule has 4 heteroatoms. The molecule has 3 unspecified atom stereocenters. The Morgan fingerprint density at radius 2 is 2.33 bits per heavy atom. The average Bonchev–Trinajstić information content (AvgIpc) is 2.83. The summed E-state index contributed by atoms with van der Waals surface area (Å²) in [5.41, 5.74) is 0.884. The lowest BCUT2D eigenvalue weighted by atomic mass is 9.86. The summed E-state index contributed by atoms with van der Waals surface area (Å²) in [6.07, 6.45) is 5.11. The van der Waals surface area contributed by atoms with Crippen LogP contribution in [0.1, 0.15) is 30.9 Å². The van der Waals surface area contributed by atoms with E-state index in [1.165, 1.54) is 18.9 Å². The second-order valence-electron chi connectivity index (χ2n) is 4.38. The molecule has 2 bridgehead atoms. The third-order valence-corrected chi connectivity index (χ3v) is 4.31. The van der Waals surface area contributed by atoms with Crippen LogP contribution in [0.5, 0.6) is 0 Å². The molecular formula is C11H12BrFN2. The predicted octanol–water partition coefficient (Wildman–Crippen LogP) is 2.59. The van der Waals surface area contributed by atoms with Gasteiger partial charge in [0.2, 0.25) is 0 Å². The van der Waals surface area contributed by atoms with Gasteiger partial charge in [0.15, 0.2) is 0 Å². The topological polar surface area (TPSA) is 24.9 Å². The molecule has 3 rings (SSSR count). The van der Waals surface area contributed by atoms with Crippen LogP contribution in [-0.2, 0) is 0 Å². The molecule has 1 aromatic rings. The Kier molecular flexibility index (Phi) is 2.29. The zero-order chi connectivity index (χ0) is 10.4. The summed E-state index contributed by atoms with van der Waals surface area (Å²) in [5.74, 6) is 0.177. The van der Waals surface area contributed by atoms with E-state index in [4.69, 9.17) is 0 Å². The molecule has 0 spiro atoms. The van der Waals surface area contributed by atoms with E-state index in [2.05, 4.69) is 26.2 Å². The summed E-state index contributed by atoms with van der Waals surface area (Å²) < 4.78 is 13.9. The summed E-state index contributed by atoms with van der Waals surface area (Å²) in [7, 11) is 0. The van der Waals surface area contributed by atoms with Crippen molar-refractivity contribution >= 4 is 15.9 Å². The van der Waals surface area contributed by atoms with Gasteiger partial charge in [-0.1, -0.05) is 0 Å². The Morgan fingerprint density at radius 3 is 3.00 bits per heavy atom. The normalized spacial score (nSPS) is 33.6. The van der Waals surface area contributed by atoms with E-state index in [9.17, 15) is 4.39 Å². The molecule has 2 saturated heterocycles. The van der Waals surface area contributed by atoms with Gasteiger partial charge in [0.25, 0.3) is 0 Å². The van der Waals surface area contributed by atoms with Gasteiger partial charge in [0.1, 0.15) is 5.82 Å². The van der Waals surface area contributed by atoms with Gasteiger partial charge >= 0.3 is 0 Å². The highest BCUT2D eigenvalue weighted by Gasteiger charge is 2.41. The number of nitrogens with one attached hydrogen (secondary N) is 1. The minimum Gasteiger partial charge on any atom is -0.311 e. The molecule has 2 aliphatic heterocycles. The van der Waals surface area contributed by atoms with Crippen molar-refractivity contribution in [3.63, 3.8) is 0 Å². The molecule has 15 heavy (non-hydrogen) atoms. The van der Waals surface area contributed by atoms with Crippen LogP contribution in [0.4, 0.5) is 4.39 Å². The molecular weight excluding hydrogens is 259 g/mol. The van der Waals surface area contributed by atoms with Crippen LogP contribution in [0, 0.1) is 5.82 Å². The molecule has 2 nitrogen and oxygen atoms in total. The average molecular weight is 271 g/mol. The molecule has 0 aromatic carbocycles. The Hall–Kier alpha value is -0.480. The SMILES string of the molecule is Fc1ccnc(C2CC3CCC2N3)c1Br. The molecule has 1 N–H and O–H groups in total. The number of hydrogen-bond donors (Lipinski definition) is 1. The van der Waals surface area contributed by atoms with Crippen molar-refractivity contribution in [2.45, 2.75) is 37.3 Å². The number of fused-ring (bicyclic) bond motifs is 2. The van der Waals surface area contributed by atoms with Crippen LogP contribution in [0.3, 0.4) is 0 Å². The number of hydrogen-bond acceptors (Lipinski definition) is 2. The standard InChI is InChI=1S/C11H12BrFN2/c12-10-8(13)3-4-14-11(10)7-5-6-1-2-9(7)15-6/h3-4,6-7,9,15H,1-2,5H2. The van der Waals surface area contributed by atoms with Gasteiger partial charge in [-0.2, -0.15) is 0 Å². The maximum Gasteiger partial charge on any atom is 0.140 e. The second-order valence-corrected chi connectivity index (χ2v) is 5.17. The van der Waals surface area contributed by atoms with E-state index in [-0.39, 0.29) is 5.82 Å². The van der Waals surface area contributed by atoms with E-state index in [0.29, 0.717) is 22.5 Å². The van der Waals surface area contributed by atoms with Crippen LogP contribution >= 0.6 is 15.9 Å². The van der Waals surface area contributed by atoms with Crippen molar-refractivity contribution in [3.05, 3.63) is 28.2 Å². The molecule has 0 aliphatic carbocycles. The maximum atomic E-state index is 13.4. The zero-order valence-corrected chi connectivity index (χ0v) is 9.80. The highest BCUT2D eigenvalue weighted by Crippen LogP contribution is 2.41. The fourth-order valence-corrected chi connectivity index (χ4v) is 3.35. The summed E-state index contributed by atoms with van der Waals surface area (Å²) in [4.78, 5) is 4.31. The molecule has 80 valence electrons. The number of aromatic nitrogens is 1. The lowest BCUT2D eigenvalue weighted by Crippen LogP contribution is -2.22. The molecule has 3 heterocycles. The molecule has 1 aromatic heterocycles. The third kappa shape index (κ3) is 1.51. The zero-order valence-electron chi connectivity index (χ0n) is 8.21. The third-order valence-electron chi connectivity index (χ3n) is 3.52. The number of halogens is 2. The minimum atomic E-state index is -0.206. The molecule has 2 aliphatic rings. The van der Waals surface area contributed by atoms with E-state index in [1.807, 2.05) is 0 Å². The van der Waals surface area contributed by atoms with E-state index >= 15 is 0 Å². The van der Waals surface area contributed by atoms with Gasteiger partial charge in [-0.05, 0) is 41.3 Å². The van der Waals surface area contributed by atoms with Crippen molar-refractivity contribution in [3.8, 4) is 0 Å². The smallest absolute Gasteiger partial charge is 0.140 e. The maximum absolute atomic E-state index is 13.4.